The zero-order valence-corrected chi connectivity index (χ0v) is 15.4. The molecule has 1 heterocycles. The number of aliphatic hydroxyl groups excluding tert-OH is 1. The number of fused-ring (bicyclic) bond motifs is 1. The normalized spacial score (nSPS) is 29.6. The van der Waals surface area contributed by atoms with Crippen LogP contribution in [0, 0.1) is 0 Å². The van der Waals surface area contributed by atoms with Gasteiger partial charge >= 0.3 is 0 Å². The summed E-state index contributed by atoms with van der Waals surface area (Å²) < 4.78 is 5.78. The van der Waals surface area contributed by atoms with Gasteiger partial charge in [0.05, 0.1) is 14.3 Å². The largest absolute Gasteiger partial charge is 0.465 e. The molecule has 1 aromatic heterocycles. The lowest BCUT2D eigenvalue weighted by Gasteiger charge is -2.52. The molecule has 2 N–H and O–H groups in total. The topological polar surface area (TPSA) is 53.6 Å². The molecule has 0 amide bonds. The van der Waals surface area contributed by atoms with Crippen LogP contribution in [0.4, 0.5) is 0 Å². The van der Waals surface area contributed by atoms with Gasteiger partial charge in [0.15, 0.2) is 0 Å². The zero-order valence-electron chi connectivity index (χ0n) is 14.4. The fraction of sp³-hybridized carbons (Fsp3) is 0.579. The highest BCUT2D eigenvalue weighted by Crippen LogP contribution is 2.54. The van der Waals surface area contributed by atoms with Crippen LogP contribution in [0.3, 0.4) is 0 Å². The van der Waals surface area contributed by atoms with Crippen molar-refractivity contribution < 1.29 is 14.6 Å². The molecule has 1 fully saturated rings. The van der Waals surface area contributed by atoms with E-state index in [4.69, 9.17) is 4.42 Å². The minimum atomic E-state index is -1.76. The fourth-order valence-electron chi connectivity index (χ4n) is 4.52. The van der Waals surface area contributed by atoms with Crippen LogP contribution in [-0.2, 0) is 0 Å². The van der Waals surface area contributed by atoms with Crippen LogP contribution in [-0.4, -0.2) is 30.0 Å². The Bertz CT molecular complexity index is 617. The van der Waals surface area contributed by atoms with Crippen LogP contribution < -0.4 is 0 Å². The van der Waals surface area contributed by atoms with Gasteiger partial charge in [0, 0.05) is 0 Å². The molecule has 23 heavy (non-hydrogen) atoms. The first-order valence-corrected chi connectivity index (χ1v) is 11.6. The van der Waals surface area contributed by atoms with Crippen molar-refractivity contribution >= 4 is 13.3 Å². The van der Waals surface area contributed by atoms with Gasteiger partial charge in [0.2, 0.25) is 0 Å². The Morgan fingerprint density at radius 1 is 1.30 bits per heavy atom. The third-order valence-electron chi connectivity index (χ3n) is 6.19. The smallest absolute Gasteiger partial charge is 0.126 e. The molecule has 1 aromatic rings. The maximum absolute atomic E-state index is 10.8. The van der Waals surface area contributed by atoms with E-state index < -0.39 is 19.8 Å². The maximum atomic E-state index is 10.8. The average molecular weight is 333 g/mol. The molecule has 2 aliphatic rings. The van der Waals surface area contributed by atoms with Crippen molar-refractivity contribution in [1.29, 1.82) is 0 Å². The predicted molar refractivity (Wildman–Crippen MR) is 95.7 cm³/mol. The highest BCUT2D eigenvalue weighted by Gasteiger charge is 2.56. The molecule has 0 bridgehead atoms. The number of hydrogen-bond donors (Lipinski definition) is 2. The van der Waals surface area contributed by atoms with Crippen LogP contribution in [0.25, 0.3) is 5.20 Å². The first-order valence-electron chi connectivity index (χ1n) is 8.94. The number of aliphatic hydroxyl groups is 2. The summed E-state index contributed by atoms with van der Waals surface area (Å²) in [7, 11) is -1.76. The maximum Gasteiger partial charge on any atom is 0.126 e. The molecule has 2 atom stereocenters. The van der Waals surface area contributed by atoms with Gasteiger partial charge in [-0.05, 0) is 47.7 Å². The minimum absolute atomic E-state index is 0.661. The monoisotopic (exact) mass is 332 g/mol. The van der Waals surface area contributed by atoms with Gasteiger partial charge in [-0.2, -0.15) is 0 Å². The average Bonchev–Trinajstić information content (AvgIpc) is 3.10. The van der Waals surface area contributed by atoms with E-state index in [1.165, 1.54) is 5.20 Å². The molecular weight excluding hydrogens is 304 g/mol. The lowest BCUT2D eigenvalue weighted by molar-refractivity contribution is -0.0693. The van der Waals surface area contributed by atoms with Gasteiger partial charge in [0.1, 0.15) is 17.5 Å². The summed E-state index contributed by atoms with van der Waals surface area (Å²) in [5, 5.41) is 22.9. The van der Waals surface area contributed by atoms with Crippen molar-refractivity contribution in [1.82, 2.24) is 0 Å². The van der Waals surface area contributed by atoms with E-state index in [2.05, 4.69) is 26.8 Å². The van der Waals surface area contributed by atoms with E-state index in [0.717, 1.165) is 47.9 Å². The fourth-order valence-corrected chi connectivity index (χ4v) is 8.59. The molecule has 0 spiro atoms. The van der Waals surface area contributed by atoms with E-state index in [1.54, 1.807) is 6.26 Å². The summed E-state index contributed by atoms with van der Waals surface area (Å²) >= 11 is 0. The first kappa shape index (κ1) is 16.7. The van der Waals surface area contributed by atoms with Crippen LogP contribution in [0.1, 0.15) is 45.8 Å². The van der Waals surface area contributed by atoms with Crippen LogP contribution in [0.15, 0.2) is 40.0 Å². The minimum Gasteiger partial charge on any atom is -0.465 e. The molecule has 0 unspecified atom stereocenters. The third-order valence-corrected chi connectivity index (χ3v) is 11.8. The van der Waals surface area contributed by atoms with E-state index >= 15 is 0 Å². The standard InChI is InChI=1S/C19H28O3Si/c1-4-23(5-2,6-3)17(15-11-9-13-22-15)16-14-10-7-8-12-19(14,21)18(16)20/h9-11,13,18,20-21H,4-8,12H2,1-3H3/b17-16+/t18-,19+/m0/s1. The molecule has 0 radical (unpaired) electrons. The van der Waals surface area contributed by atoms with Crippen molar-refractivity contribution in [3.63, 3.8) is 0 Å². The lowest BCUT2D eigenvalue weighted by Crippen LogP contribution is -2.58. The van der Waals surface area contributed by atoms with E-state index in [-0.39, 0.29) is 0 Å². The van der Waals surface area contributed by atoms with Crippen molar-refractivity contribution in [2.75, 3.05) is 0 Å². The second-order valence-electron chi connectivity index (χ2n) is 6.94. The number of hydrogen-bond acceptors (Lipinski definition) is 3. The Labute approximate surface area is 139 Å². The lowest BCUT2D eigenvalue weighted by atomic mass is 9.62. The summed E-state index contributed by atoms with van der Waals surface area (Å²) in [4.78, 5) is 0. The Kier molecular flexibility index (Phi) is 4.42. The summed E-state index contributed by atoms with van der Waals surface area (Å²) in [5.74, 6) is 0.893. The van der Waals surface area contributed by atoms with Gasteiger partial charge in [-0.15, -0.1) is 0 Å². The Morgan fingerprint density at radius 2 is 2.00 bits per heavy atom. The molecule has 0 aliphatic heterocycles. The Balaban J connectivity index is 2.22. The van der Waals surface area contributed by atoms with Crippen LogP contribution in [0.2, 0.25) is 18.1 Å². The summed E-state index contributed by atoms with van der Waals surface area (Å²) in [6.45, 7) is 6.78. The molecular formula is C19H28O3Si. The number of furan rings is 1. The van der Waals surface area contributed by atoms with Crippen molar-refractivity contribution in [2.24, 2.45) is 0 Å². The molecule has 1 saturated carbocycles. The molecule has 0 saturated heterocycles. The van der Waals surface area contributed by atoms with Gasteiger partial charge in [-0.3, -0.25) is 0 Å². The van der Waals surface area contributed by atoms with Gasteiger partial charge in [0.25, 0.3) is 0 Å². The summed E-state index contributed by atoms with van der Waals surface area (Å²) in [6.07, 6.45) is 5.66. The Morgan fingerprint density at radius 3 is 2.57 bits per heavy atom. The zero-order chi connectivity index (χ0) is 16.7. The number of rotatable bonds is 5. The summed E-state index contributed by atoms with van der Waals surface area (Å²) in [5.41, 5.74) is 0.912. The second kappa shape index (κ2) is 6.08. The van der Waals surface area contributed by atoms with Crippen LogP contribution >= 0.6 is 0 Å². The van der Waals surface area contributed by atoms with E-state index in [0.29, 0.717) is 6.42 Å². The molecule has 0 aromatic carbocycles. The molecule has 126 valence electrons. The second-order valence-corrected chi connectivity index (χ2v) is 12.1. The predicted octanol–water partition coefficient (Wildman–Crippen LogP) is 4.30. The highest BCUT2D eigenvalue weighted by molar-refractivity contribution is 6.96. The highest BCUT2D eigenvalue weighted by atomic mass is 28.3. The van der Waals surface area contributed by atoms with E-state index in [1.807, 2.05) is 12.1 Å². The Hall–Kier alpha value is -1.10. The number of allylic oxidation sites excluding steroid dienone is 1. The van der Waals surface area contributed by atoms with Crippen molar-refractivity contribution in [3.05, 3.63) is 41.4 Å². The van der Waals surface area contributed by atoms with Gasteiger partial charge < -0.3 is 14.6 Å². The molecule has 3 nitrogen and oxygen atoms in total. The van der Waals surface area contributed by atoms with Gasteiger partial charge in [-0.1, -0.05) is 45.0 Å². The first-order chi connectivity index (χ1) is 11.0. The van der Waals surface area contributed by atoms with Crippen LogP contribution in [0.5, 0.6) is 0 Å². The SMILES string of the molecule is CC[Si](CC)(CC)/C(=C1\C2=CCCC[C@]2(O)[C@H]1O)c1ccco1. The van der Waals surface area contributed by atoms with Crippen molar-refractivity contribution in [2.45, 2.75) is 69.9 Å². The van der Waals surface area contributed by atoms with Gasteiger partial charge in [-0.25, -0.2) is 0 Å². The van der Waals surface area contributed by atoms with E-state index in [9.17, 15) is 10.2 Å². The summed E-state index contributed by atoms with van der Waals surface area (Å²) in [6, 6.07) is 7.30. The molecule has 3 rings (SSSR count). The van der Waals surface area contributed by atoms with Crippen molar-refractivity contribution in [3.8, 4) is 0 Å². The third kappa shape index (κ3) is 2.31. The molecule has 4 heteroatoms. The molecule has 2 aliphatic carbocycles. The quantitative estimate of drug-likeness (QED) is 0.791.